The van der Waals surface area contributed by atoms with E-state index in [1.807, 2.05) is 11.6 Å². The van der Waals surface area contributed by atoms with E-state index in [2.05, 4.69) is 49.6 Å². The summed E-state index contributed by atoms with van der Waals surface area (Å²) >= 11 is 5.21. The molecule has 0 amide bonds. The zero-order valence-electron chi connectivity index (χ0n) is 11.5. The van der Waals surface area contributed by atoms with Gasteiger partial charge in [0.1, 0.15) is 6.33 Å². The lowest BCUT2D eigenvalue weighted by molar-refractivity contribution is 0.199. The van der Waals surface area contributed by atoms with Gasteiger partial charge in [0.2, 0.25) is 0 Å². The van der Waals surface area contributed by atoms with Gasteiger partial charge in [0, 0.05) is 36.6 Å². The van der Waals surface area contributed by atoms with Crippen LogP contribution in [0, 0.1) is 0 Å². The van der Waals surface area contributed by atoms with Gasteiger partial charge in [-0.1, -0.05) is 22.0 Å². The van der Waals surface area contributed by atoms with E-state index in [1.165, 1.54) is 5.56 Å². The van der Waals surface area contributed by atoms with E-state index in [9.17, 15) is 0 Å². The first kappa shape index (κ1) is 15.5. The topological polar surface area (TPSA) is 52.0 Å². The van der Waals surface area contributed by atoms with Crippen molar-refractivity contribution in [3.05, 3.63) is 34.6 Å². The molecule has 0 saturated heterocycles. The smallest absolute Gasteiger partial charge is 0.195 e. The van der Waals surface area contributed by atoms with Gasteiger partial charge >= 0.3 is 0 Å². The molecule has 5 nitrogen and oxygen atoms in total. The van der Waals surface area contributed by atoms with Crippen molar-refractivity contribution in [2.24, 2.45) is 7.05 Å². The van der Waals surface area contributed by atoms with E-state index >= 15 is 0 Å². The van der Waals surface area contributed by atoms with Crippen LogP contribution in [0.1, 0.15) is 5.56 Å². The first-order chi connectivity index (χ1) is 9.70. The summed E-state index contributed by atoms with van der Waals surface area (Å²) in [7, 11) is 3.64. The molecule has 0 bridgehead atoms. The summed E-state index contributed by atoms with van der Waals surface area (Å²) in [6.07, 6.45) is 1.70. The minimum atomic E-state index is 0.720. The predicted octanol–water partition coefficient (Wildman–Crippen LogP) is 2.46. The largest absolute Gasteiger partial charge is 0.383 e. The second-order valence-corrected chi connectivity index (χ2v) is 6.14. The van der Waals surface area contributed by atoms with Gasteiger partial charge in [-0.25, -0.2) is 0 Å². The molecule has 1 aromatic heterocycles. The summed E-state index contributed by atoms with van der Waals surface area (Å²) in [6, 6.07) is 6.31. The molecule has 0 radical (unpaired) electrons. The van der Waals surface area contributed by atoms with Gasteiger partial charge in [-0.3, -0.25) is 0 Å². The second-order valence-electron chi connectivity index (χ2n) is 4.25. The molecule has 2 rings (SSSR count). The molecule has 1 aromatic carbocycles. The summed E-state index contributed by atoms with van der Waals surface area (Å²) in [5.74, 6) is 0. The Balaban J connectivity index is 1.97. The van der Waals surface area contributed by atoms with E-state index < -0.39 is 0 Å². The number of hydrogen-bond acceptors (Lipinski definition) is 5. The molecule has 0 aliphatic rings. The van der Waals surface area contributed by atoms with E-state index in [0.717, 1.165) is 34.2 Å². The molecule has 0 unspecified atom stereocenters. The lowest BCUT2D eigenvalue weighted by Crippen LogP contribution is -2.18. The molecule has 1 heterocycles. The zero-order chi connectivity index (χ0) is 14.4. The van der Waals surface area contributed by atoms with Crippen LogP contribution in [0.2, 0.25) is 0 Å². The highest BCUT2D eigenvalue weighted by Gasteiger charge is 2.06. The quantitative estimate of drug-likeness (QED) is 0.772. The third kappa shape index (κ3) is 4.31. The minimum absolute atomic E-state index is 0.720. The highest BCUT2D eigenvalue weighted by Crippen LogP contribution is 2.29. The number of methoxy groups -OCH3 is 1. The van der Waals surface area contributed by atoms with Gasteiger partial charge in [0.15, 0.2) is 5.16 Å². The monoisotopic (exact) mass is 356 g/mol. The Kier molecular flexibility index (Phi) is 6.03. The van der Waals surface area contributed by atoms with E-state index in [0.29, 0.717) is 0 Å². The van der Waals surface area contributed by atoms with Gasteiger partial charge in [-0.15, -0.1) is 10.2 Å². The summed E-state index contributed by atoms with van der Waals surface area (Å²) in [6.45, 7) is 2.38. The summed E-state index contributed by atoms with van der Waals surface area (Å²) in [4.78, 5) is 1.13. The van der Waals surface area contributed by atoms with Gasteiger partial charge in [0.25, 0.3) is 0 Å². The Morgan fingerprint density at radius 2 is 2.30 bits per heavy atom. The van der Waals surface area contributed by atoms with Crippen LogP contribution < -0.4 is 5.32 Å². The number of aromatic nitrogens is 3. The number of aryl methyl sites for hydroxylation is 1. The number of halogens is 1. The van der Waals surface area contributed by atoms with Crippen molar-refractivity contribution in [1.29, 1.82) is 0 Å². The van der Waals surface area contributed by atoms with Crippen molar-refractivity contribution >= 4 is 27.7 Å². The van der Waals surface area contributed by atoms with Gasteiger partial charge in [-0.2, -0.15) is 0 Å². The SMILES string of the molecule is COCCNCc1ccc(Sc2nncn2C)cc1Br. The predicted molar refractivity (Wildman–Crippen MR) is 82.9 cm³/mol. The van der Waals surface area contributed by atoms with Crippen LogP contribution >= 0.6 is 27.7 Å². The Morgan fingerprint density at radius 1 is 1.45 bits per heavy atom. The number of hydrogen-bond donors (Lipinski definition) is 1. The van der Waals surface area contributed by atoms with Gasteiger partial charge < -0.3 is 14.6 Å². The van der Waals surface area contributed by atoms with Crippen LogP contribution in [0.3, 0.4) is 0 Å². The number of ether oxygens (including phenoxy) is 1. The number of nitrogens with one attached hydrogen (secondary N) is 1. The molecule has 20 heavy (non-hydrogen) atoms. The summed E-state index contributed by atoms with van der Waals surface area (Å²) in [5.41, 5.74) is 1.23. The first-order valence-electron chi connectivity index (χ1n) is 6.20. The fraction of sp³-hybridized carbons (Fsp3) is 0.385. The van der Waals surface area contributed by atoms with Crippen LogP contribution in [-0.4, -0.2) is 35.0 Å². The number of benzene rings is 1. The molecule has 0 aliphatic heterocycles. The second kappa shape index (κ2) is 7.78. The molecule has 2 aromatic rings. The van der Waals surface area contributed by atoms with Crippen molar-refractivity contribution in [2.45, 2.75) is 16.6 Å². The first-order valence-corrected chi connectivity index (χ1v) is 7.81. The van der Waals surface area contributed by atoms with E-state index in [-0.39, 0.29) is 0 Å². The van der Waals surface area contributed by atoms with Crippen molar-refractivity contribution in [1.82, 2.24) is 20.1 Å². The van der Waals surface area contributed by atoms with Gasteiger partial charge in [-0.05, 0) is 29.5 Å². The molecule has 0 aliphatic carbocycles. The Hall–Kier alpha value is -0.890. The minimum Gasteiger partial charge on any atom is -0.383 e. The molecule has 7 heteroatoms. The lowest BCUT2D eigenvalue weighted by atomic mass is 10.2. The molecular formula is C13H17BrN4OS. The van der Waals surface area contributed by atoms with Crippen molar-refractivity contribution in [3.63, 3.8) is 0 Å². The van der Waals surface area contributed by atoms with Crippen LogP contribution in [0.4, 0.5) is 0 Å². The maximum atomic E-state index is 5.01. The standard InChI is InChI=1S/C13H17BrN4OS/c1-18-9-16-17-13(18)20-11-4-3-10(12(14)7-11)8-15-5-6-19-2/h3-4,7,9,15H,5-6,8H2,1-2H3. The summed E-state index contributed by atoms with van der Waals surface area (Å²) < 4.78 is 8.00. The molecule has 0 atom stereocenters. The van der Waals surface area contributed by atoms with Crippen LogP contribution in [0.5, 0.6) is 0 Å². The normalized spacial score (nSPS) is 10.9. The molecule has 0 saturated carbocycles. The molecule has 108 valence electrons. The average Bonchev–Trinajstić information content (AvgIpc) is 2.82. The highest BCUT2D eigenvalue weighted by molar-refractivity contribution is 9.10. The number of nitrogens with zero attached hydrogens (tertiary/aromatic N) is 3. The fourth-order valence-electron chi connectivity index (χ4n) is 1.60. The maximum absolute atomic E-state index is 5.01. The Bertz CT molecular complexity index is 561. The fourth-order valence-corrected chi connectivity index (χ4v) is 3.08. The molecule has 0 spiro atoms. The van der Waals surface area contributed by atoms with Crippen molar-refractivity contribution in [3.8, 4) is 0 Å². The van der Waals surface area contributed by atoms with Gasteiger partial charge in [0.05, 0.1) is 6.61 Å². The average molecular weight is 357 g/mol. The Morgan fingerprint density at radius 3 is 2.95 bits per heavy atom. The Labute approximate surface area is 131 Å². The molecule has 1 N–H and O–H groups in total. The highest BCUT2D eigenvalue weighted by atomic mass is 79.9. The third-order valence-electron chi connectivity index (χ3n) is 2.70. The van der Waals surface area contributed by atoms with Crippen LogP contribution in [0.25, 0.3) is 0 Å². The van der Waals surface area contributed by atoms with E-state index in [4.69, 9.17) is 4.74 Å². The molecule has 0 fully saturated rings. The number of rotatable bonds is 7. The zero-order valence-corrected chi connectivity index (χ0v) is 13.9. The van der Waals surface area contributed by atoms with Crippen LogP contribution in [-0.2, 0) is 18.3 Å². The van der Waals surface area contributed by atoms with Crippen molar-refractivity contribution < 1.29 is 4.74 Å². The van der Waals surface area contributed by atoms with Crippen LogP contribution in [0.15, 0.2) is 39.1 Å². The third-order valence-corrected chi connectivity index (χ3v) is 4.48. The van der Waals surface area contributed by atoms with E-state index in [1.54, 1.807) is 25.2 Å². The summed E-state index contributed by atoms with van der Waals surface area (Å²) in [5, 5.41) is 12.1. The maximum Gasteiger partial charge on any atom is 0.195 e. The van der Waals surface area contributed by atoms with Crippen molar-refractivity contribution in [2.75, 3.05) is 20.3 Å². The molecular weight excluding hydrogens is 340 g/mol. The lowest BCUT2D eigenvalue weighted by Gasteiger charge is -2.08.